The molecule has 0 aliphatic heterocycles. The van der Waals surface area contributed by atoms with Crippen molar-refractivity contribution in [3.8, 4) is 5.75 Å². The highest BCUT2D eigenvalue weighted by Gasteiger charge is 2.21. The maximum absolute atomic E-state index is 10.4. The molecule has 3 atom stereocenters. The summed E-state index contributed by atoms with van der Waals surface area (Å²) >= 11 is 0. The molecular weight excluding hydrogens is 314 g/mol. The molecule has 1 fully saturated rings. The zero-order valence-corrected chi connectivity index (χ0v) is 15.8. The van der Waals surface area contributed by atoms with Crippen molar-refractivity contribution >= 4 is 5.96 Å². The van der Waals surface area contributed by atoms with E-state index in [1.807, 2.05) is 24.3 Å². The molecule has 3 unspecified atom stereocenters. The number of aliphatic imine (C=N–C) groups is 1. The van der Waals surface area contributed by atoms with Crippen LogP contribution in [0.4, 0.5) is 0 Å². The highest BCUT2D eigenvalue weighted by Crippen LogP contribution is 2.26. The van der Waals surface area contributed by atoms with Crippen molar-refractivity contribution in [3.63, 3.8) is 0 Å². The van der Waals surface area contributed by atoms with Gasteiger partial charge in [-0.05, 0) is 43.4 Å². The van der Waals surface area contributed by atoms with Gasteiger partial charge in [-0.2, -0.15) is 0 Å². The summed E-state index contributed by atoms with van der Waals surface area (Å²) in [5.74, 6) is 2.36. The molecule has 140 valence electrons. The zero-order chi connectivity index (χ0) is 18.1. The lowest BCUT2D eigenvalue weighted by Gasteiger charge is -2.30. The van der Waals surface area contributed by atoms with Gasteiger partial charge in [-0.15, -0.1) is 0 Å². The molecule has 1 aliphatic carbocycles. The van der Waals surface area contributed by atoms with E-state index in [9.17, 15) is 5.11 Å². The lowest BCUT2D eigenvalue weighted by Crippen LogP contribution is -2.45. The van der Waals surface area contributed by atoms with Crippen molar-refractivity contribution in [2.24, 2.45) is 10.9 Å². The first kappa shape index (κ1) is 19.6. The molecule has 0 saturated heterocycles. The fourth-order valence-electron chi connectivity index (χ4n) is 3.44. The van der Waals surface area contributed by atoms with Crippen molar-refractivity contribution in [2.75, 3.05) is 20.2 Å². The van der Waals surface area contributed by atoms with E-state index in [0.29, 0.717) is 12.6 Å². The van der Waals surface area contributed by atoms with Crippen molar-refractivity contribution < 1.29 is 9.84 Å². The monoisotopic (exact) mass is 347 g/mol. The summed E-state index contributed by atoms with van der Waals surface area (Å²) in [5, 5.41) is 17.3. The minimum Gasteiger partial charge on any atom is -0.497 e. The van der Waals surface area contributed by atoms with Gasteiger partial charge >= 0.3 is 0 Å². The van der Waals surface area contributed by atoms with Crippen LogP contribution in [0.25, 0.3) is 0 Å². The highest BCUT2D eigenvalue weighted by molar-refractivity contribution is 5.80. The Kier molecular flexibility index (Phi) is 8.06. The van der Waals surface area contributed by atoms with Gasteiger partial charge in [0.2, 0.25) is 0 Å². The van der Waals surface area contributed by atoms with E-state index in [4.69, 9.17) is 4.74 Å². The van der Waals surface area contributed by atoms with Gasteiger partial charge in [0.25, 0.3) is 0 Å². The number of nitrogens with one attached hydrogen (secondary N) is 2. The van der Waals surface area contributed by atoms with Crippen molar-refractivity contribution in [3.05, 3.63) is 29.8 Å². The Morgan fingerprint density at radius 2 is 2.20 bits per heavy atom. The number of hydrogen-bond donors (Lipinski definition) is 3. The van der Waals surface area contributed by atoms with Gasteiger partial charge in [-0.1, -0.05) is 38.3 Å². The number of nitrogens with zero attached hydrogens (tertiary/aromatic N) is 1. The number of benzene rings is 1. The second kappa shape index (κ2) is 10.3. The van der Waals surface area contributed by atoms with E-state index in [1.54, 1.807) is 7.11 Å². The van der Waals surface area contributed by atoms with Crippen LogP contribution in [0.3, 0.4) is 0 Å². The number of guanidine groups is 1. The standard InChI is InChI=1S/C20H33N3O2/c1-4-15-8-6-10-17(12-15)23-20(21-5-2)22-14-19(24)16-9-7-11-18(13-16)25-3/h7,9,11,13,15,17,19,24H,4-6,8,10,12,14H2,1-3H3,(H2,21,22,23). The predicted octanol–water partition coefficient (Wildman–Crippen LogP) is 3.25. The van der Waals surface area contributed by atoms with Crippen molar-refractivity contribution in [1.29, 1.82) is 0 Å². The third kappa shape index (κ3) is 6.24. The third-order valence-corrected chi connectivity index (χ3v) is 4.95. The first-order valence-corrected chi connectivity index (χ1v) is 9.53. The Hall–Kier alpha value is -1.75. The molecule has 0 amide bonds. The molecule has 2 rings (SSSR count). The Labute approximate surface area is 151 Å². The largest absolute Gasteiger partial charge is 0.497 e. The van der Waals surface area contributed by atoms with Crippen molar-refractivity contribution in [1.82, 2.24) is 10.6 Å². The predicted molar refractivity (Wildman–Crippen MR) is 103 cm³/mol. The quantitative estimate of drug-likeness (QED) is 0.523. The number of aliphatic hydroxyl groups is 1. The topological polar surface area (TPSA) is 65.9 Å². The number of ether oxygens (including phenoxy) is 1. The van der Waals surface area contributed by atoms with Crippen LogP contribution in [0.2, 0.25) is 0 Å². The van der Waals surface area contributed by atoms with Crippen LogP contribution in [-0.2, 0) is 0 Å². The van der Waals surface area contributed by atoms with Gasteiger partial charge in [0, 0.05) is 12.6 Å². The van der Waals surface area contributed by atoms with Crippen LogP contribution in [0.15, 0.2) is 29.3 Å². The second-order valence-electron chi connectivity index (χ2n) is 6.79. The van der Waals surface area contributed by atoms with Gasteiger partial charge in [-0.25, -0.2) is 0 Å². The summed E-state index contributed by atoms with van der Waals surface area (Å²) in [4.78, 5) is 4.59. The number of rotatable bonds is 7. The van der Waals surface area contributed by atoms with Crippen LogP contribution < -0.4 is 15.4 Å². The summed E-state index contributed by atoms with van der Waals surface area (Å²) in [6.07, 6.45) is 5.64. The molecule has 5 nitrogen and oxygen atoms in total. The summed E-state index contributed by atoms with van der Waals surface area (Å²) in [7, 11) is 1.63. The summed E-state index contributed by atoms with van der Waals surface area (Å²) < 4.78 is 5.22. The Morgan fingerprint density at radius 3 is 2.92 bits per heavy atom. The molecule has 0 radical (unpaired) electrons. The van der Waals surface area contributed by atoms with Crippen LogP contribution >= 0.6 is 0 Å². The average molecular weight is 348 g/mol. The Balaban J connectivity index is 1.95. The molecule has 3 N–H and O–H groups in total. The van der Waals surface area contributed by atoms with Gasteiger partial charge < -0.3 is 20.5 Å². The lowest BCUT2D eigenvalue weighted by molar-refractivity contribution is 0.186. The molecule has 25 heavy (non-hydrogen) atoms. The average Bonchev–Trinajstić information content (AvgIpc) is 2.66. The lowest BCUT2D eigenvalue weighted by atomic mass is 9.84. The fraction of sp³-hybridized carbons (Fsp3) is 0.650. The van der Waals surface area contributed by atoms with E-state index >= 15 is 0 Å². The van der Waals surface area contributed by atoms with E-state index in [1.165, 1.54) is 32.1 Å². The van der Waals surface area contributed by atoms with Crippen LogP contribution in [0.5, 0.6) is 5.75 Å². The number of aliphatic hydroxyl groups excluding tert-OH is 1. The van der Waals surface area contributed by atoms with E-state index in [-0.39, 0.29) is 0 Å². The van der Waals surface area contributed by atoms with E-state index in [0.717, 1.165) is 29.7 Å². The third-order valence-electron chi connectivity index (χ3n) is 4.95. The Bertz CT molecular complexity index is 547. The maximum Gasteiger partial charge on any atom is 0.191 e. The summed E-state index contributed by atoms with van der Waals surface area (Å²) in [5.41, 5.74) is 0.822. The van der Waals surface area contributed by atoms with Crippen LogP contribution in [0, 0.1) is 5.92 Å². The smallest absolute Gasteiger partial charge is 0.191 e. The maximum atomic E-state index is 10.4. The number of methoxy groups -OCH3 is 1. The van der Waals surface area contributed by atoms with Crippen LogP contribution in [0.1, 0.15) is 57.6 Å². The first-order chi connectivity index (χ1) is 12.2. The minimum absolute atomic E-state index is 0.326. The molecule has 5 heteroatoms. The first-order valence-electron chi connectivity index (χ1n) is 9.53. The molecule has 1 aromatic carbocycles. The SMILES string of the molecule is CCNC(=NCC(O)c1cccc(OC)c1)NC1CCCC(CC)C1. The van der Waals surface area contributed by atoms with Gasteiger partial charge in [0.1, 0.15) is 5.75 Å². The van der Waals surface area contributed by atoms with E-state index in [2.05, 4.69) is 29.5 Å². The molecule has 0 spiro atoms. The number of hydrogen-bond acceptors (Lipinski definition) is 3. The van der Waals surface area contributed by atoms with Gasteiger partial charge in [0.15, 0.2) is 5.96 Å². The minimum atomic E-state index is -0.639. The second-order valence-corrected chi connectivity index (χ2v) is 6.79. The fourth-order valence-corrected chi connectivity index (χ4v) is 3.44. The zero-order valence-electron chi connectivity index (χ0n) is 15.8. The van der Waals surface area contributed by atoms with Crippen LogP contribution in [-0.4, -0.2) is 37.3 Å². The van der Waals surface area contributed by atoms with Crippen molar-refractivity contribution in [2.45, 2.75) is 58.1 Å². The molecular formula is C20H33N3O2. The van der Waals surface area contributed by atoms with E-state index < -0.39 is 6.10 Å². The highest BCUT2D eigenvalue weighted by atomic mass is 16.5. The Morgan fingerprint density at radius 1 is 1.36 bits per heavy atom. The molecule has 1 aliphatic rings. The molecule has 0 aromatic heterocycles. The summed E-state index contributed by atoms with van der Waals surface area (Å²) in [6, 6.07) is 7.99. The molecule has 1 saturated carbocycles. The normalized spacial score (nSPS) is 22.3. The van der Waals surface area contributed by atoms with Gasteiger partial charge in [-0.3, -0.25) is 4.99 Å². The molecule has 0 heterocycles. The molecule has 0 bridgehead atoms. The molecule has 1 aromatic rings. The van der Waals surface area contributed by atoms with Gasteiger partial charge in [0.05, 0.1) is 19.8 Å². The summed E-state index contributed by atoms with van der Waals surface area (Å²) in [6.45, 7) is 5.47.